The Morgan fingerprint density at radius 1 is 1.53 bits per heavy atom. The third-order valence-corrected chi connectivity index (χ3v) is 2.15. The quantitative estimate of drug-likeness (QED) is 0.454. The van der Waals surface area contributed by atoms with Crippen molar-refractivity contribution in [2.24, 2.45) is 0 Å². The summed E-state index contributed by atoms with van der Waals surface area (Å²) in [6, 6.07) is 4.74. The Balaban J connectivity index is 2.55. The lowest BCUT2D eigenvalue weighted by molar-refractivity contribution is 0.0986. The monoisotopic (exact) mass is 223 g/mol. The summed E-state index contributed by atoms with van der Waals surface area (Å²) in [6.45, 7) is 0. The van der Waals surface area contributed by atoms with Gasteiger partial charge in [-0.1, -0.05) is 0 Å². The summed E-state index contributed by atoms with van der Waals surface area (Å²) in [5.41, 5.74) is 1.43. The Hall–Kier alpha value is -1.68. The molecule has 15 heavy (non-hydrogen) atoms. The fourth-order valence-electron chi connectivity index (χ4n) is 1.19. The summed E-state index contributed by atoms with van der Waals surface area (Å²) >= 11 is 5.37. The molecule has 0 atom stereocenters. The van der Waals surface area contributed by atoms with Gasteiger partial charge in [0, 0.05) is 5.56 Å². The standard InChI is InChI=1S/C10H6ClNO3/c11-4-8(14)10-12-7-3-6(5-13)1-2-9(7)15-10/h1-3,5H,4H2. The first kappa shape index (κ1) is 9.86. The van der Waals surface area contributed by atoms with Gasteiger partial charge in [0.2, 0.25) is 5.78 Å². The number of Topliss-reactive ketones (excluding diaryl/α,β-unsaturated/α-hetero) is 1. The molecule has 0 unspecified atom stereocenters. The summed E-state index contributed by atoms with van der Waals surface area (Å²) in [6.07, 6.45) is 0.706. The number of hydrogen-bond donors (Lipinski definition) is 0. The van der Waals surface area contributed by atoms with Gasteiger partial charge in [-0.15, -0.1) is 11.6 Å². The van der Waals surface area contributed by atoms with E-state index >= 15 is 0 Å². The number of carbonyl (C=O) groups excluding carboxylic acids is 2. The fraction of sp³-hybridized carbons (Fsp3) is 0.100. The van der Waals surface area contributed by atoms with Crippen LogP contribution in [0.1, 0.15) is 21.0 Å². The molecule has 1 heterocycles. The Kier molecular flexibility index (Phi) is 2.51. The molecule has 0 saturated carbocycles. The zero-order valence-electron chi connectivity index (χ0n) is 7.57. The normalized spacial score (nSPS) is 10.5. The van der Waals surface area contributed by atoms with Gasteiger partial charge in [0.05, 0.1) is 5.88 Å². The van der Waals surface area contributed by atoms with Crippen LogP contribution in [0.3, 0.4) is 0 Å². The highest BCUT2D eigenvalue weighted by atomic mass is 35.5. The predicted molar refractivity (Wildman–Crippen MR) is 54.4 cm³/mol. The Morgan fingerprint density at radius 2 is 2.33 bits per heavy atom. The number of carbonyl (C=O) groups is 2. The van der Waals surface area contributed by atoms with Crippen LogP contribution in [0, 0.1) is 0 Å². The van der Waals surface area contributed by atoms with Gasteiger partial charge < -0.3 is 4.42 Å². The van der Waals surface area contributed by atoms with Gasteiger partial charge in [-0.05, 0) is 18.2 Å². The van der Waals surface area contributed by atoms with Crippen LogP contribution in [0.15, 0.2) is 22.6 Å². The van der Waals surface area contributed by atoms with Gasteiger partial charge in [-0.3, -0.25) is 9.59 Å². The second-order valence-corrected chi connectivity index (χ2v) is 3.19. The van der Waals surface area contributed by atoms with Crippen LogP contribution in [-0.4, -0.2) is 22.9 Å². The molecule has 0 bridgehead atoms. The lowest BCUT2D eigenvalue weighted by atomic mass is 10.2. The number of fused-ring (bicyclic) bond motifs is 1. The number of nitrogens with zero attached hydrogens (tertiary/aromatic N) is 1. The van der Waals surface area contributed by atoms with E-state index in [4.69, 9.17) is 16.0 Å². The van der Waals surface area contributed by atoms with E-state index < -0.39 is 0 Å². The van der Waals surface area contributed by atoms with Gasteiger partial charge in [0.1, 0.15) is 11.8 Å². The van der Waals surface area contributed by atoms with Crippen molar-refractivity contribution in [1.82, 2.24) is 4.98 Å². The first-order chi connectivity index (χ1) is 7.24. The van der Waals surface area contributed by atoms with Crippen LogP contribution in [-0.2, 0) is 0 Å². The summed E-state index contributed by atoms with van der Waals surface area (Å²) in [7, 11) is 0. The van der Waals surface area contributed by atoms with Gasteiger partial charge in [0.15, 0.2) is 5.58 Å². The van der Waals surface area contributed by atoms with Gasteiger partial charge in [-0.2, -0.15) is 0 Å². The molecule has 1 aromatic heterocycles. The number of alkyl halides is 1. The van der Waals surface area contributed by atoms with Crippen LogP contribution in [0.25, 0.3) is 11.1 Å². The number of aldehydes is 1. The van der Waals surface area contributed by atoms with Crippen LogP contribution < -0.4 is 0 Å². The van der Waals surface area contributed by atoms with Crippen molar-refractivity contribution < 1.29 is 14.0 Å². The number of halogens is 1. The Labute approximate surface area is 89.8 Å². The van der Waals surface area contributed by atoms with E-state index in [0.717, 1.165) is 0 Å². The van der Waals surface area contributed by atoms with Crippen LogP contribution in [0.5, 0.6) is 0 Å². The first-order valence-corrected chi connectivity index (χ1v) is 4.73. The highest BCUT2D eigenvalue weighted by molar-refractivity contribution is 6.29. The minimum atomic E-state index is -0.375. The second kappa shape index (κ2) is 3.82. The maximum atomic E-state index is 11.2. The molecule has 0 saturated heterocycles. The number of aromatic nitrogens is 1. The summed E-state index contributed by atoms with van der Waals surface area (Å²) in [5.74, 6) is -0.573. The van der Waals surface area contributed by atoms with E-state index in [1.165, 1.54) is 0 Å². The molecular weight excluding hydrogens is 218 g/mol. The van der Waals surface area contributed by atoms with Crippen LogP contribution in [0.4, 0.5) is 0 Å². The van der Waals surface area contributed by atoms with Crippen molar-refractivity contribution in [1.29, 1.82) is 0 Å². The number of rotatable bonds is 3. The summed E-state index contributed by atoms with van der Waals surface area (Å²) in [5, 5.41) is 0. The highest BCUT2D eigenvalue weighted by Crippen LogP contribution is 2.17. The van der Waals surface area contributed by atoms with E-state index in [9.17, 15) is 9.59 Å². The molecule has 0 amide bonds. The third kappa shape index (κ3) is 1.76. The minimum Gasteiger partial charge on any atom is -0.434 e. The van der Waals surface area contributed by atoms with E-state index in [0.29, 0.717) is 22.9 Å². The van der Waals surface area contributed by atoms with Crippen molar-refractivity contribution in [3.8, 4) is 0 Å². The maximum absolute atomic E-state index is 11.2. The smallest absolute Gasteiger partial charge is 0.265 e. The van der Waals surface area contributed by atoms with Crippen molar-refractivity contribution in [2.45, 2.75) is 0 Å². The third-order valence-electron chi connectivity index (χ3n) is 1.91. The zero-order chi connectivity index (χ0) is 10.8. The second-order valence-electron chi connectivity index (χ2n) is 2.92. The van der Waals surface area contributed by atoms with Gasteiger partial charge in [-0.25, -0.2) is 4.98 Å². The molecule has 0 fully saturated rings. The van der Waals surface area contributed by atoms with E-state index in [1.807, 2.05) is 0 Å². The molecule has 2 rings (SSSR count). The summed E-state index contributed by atoms with van der Waals surface area (Å²) in [4.78, 5) is 25.6. The Morgan fingerprint density at radius 3 is 3.00 bits per heavy atom. The van der Waals surface area contributed by atoms with Crippen LogP contribution in [0.2, 0.25) is 0 Å². The van der Waals surface area contributed by atoms with Gasteiger partial charge in [0.25, 0.3) is 5.89 Å². The lowest BCUT2D eigenvalue weighted by Crippen LogP contribution is -1.99. The summed E-state index contributed by atoms with van der Waals surface area (Å²) < 4.78 is 5.16. The van der Waals surface area contributed by atoms with Crippen LogP contribution >= 0.6 is 11.6 Å². The number of benzene rings is 1. The molecule has 5 heteroatoms. The molecular formula is C10H6ClNO3. The Bertz CT molecular complexity index is 532. The minimum absolute atomic E-state index is 0.0250. The molecule has 0 spiro atoms. The largest absolute Gasteiger partial charge is 0.434 e. The lowest BCUT2D eigenvalue weighted by Gasteiger charge is -1.86. The molecule has 0 radical (unpaired) electrons. The SMILES string of the molecule is O=Cc1ccc2oc(C(=O)CCl)nc2c1. The molecule has 0 N–H and O–H groups in total. The van der Waals surface area contributed by atoms with E-state index in [1.54, 1.807) is 18.2 Å². The molecule has 4 nitrogen and oxygen atoms in total. The van der Waals surface area contributed by atoms with Crippen molar-refractivity contribution in [2.75, 3.05) is 5.88 Å². The van der Waals surface area contributed by atoms with Gasteiger partial charge >= 0.3 is 0 Å². The number of hydrogen-bond acceptors (Lipinski definition) is 4. The molecule has 0 aliphatic carbocycles. The van der Waals surface area contributed by atoms with Crippen molar-refractivity contribution >= 4 is 34.8 Å². The average molecular weight is 224 g/mol. The molecule has 0 aliphatic heterocycles. The highest BCUT2D eigenvalue weighted by Gasteiger charge is 2.12. The van der Waals surface area contributed by atoms with E-state index in [-0.39, 0.29) is 17.6 Å². The molecule has 76 valence electrons. The average Bonchev–Trinajstić information content (AvgIpc) is 2.70. The molecule has 0 aliphatic rings. The maximum Gasteiger partial charge on any atom is 0.265 e. The molecule has 1 aromatic carbocycles. The fourth-order valence-corrected chi connectivity index (χ4v) is 1.31. The predicted octanol–water partition coefficient (Wildman–Crippen LogP) is 2.06. The first-order valence-electron chi connectivity index (χ1n) is 4.19. The number of ketones is 1. The number of oxazole rings is 1. The zero-order valence-corrected chi connectivity index (χ0v) is 8.32. The van der Waals surface area contributed by atoms with Crippen molar-refractivity contribution in [3.63, 3.8) is 0 Å². The van der Waals surface area contributed by atoms with Crippen molar-refractivity contribution in [3.05, 3.63) is 29.7 Å². The van der Waals surface area contributed by atoms with E-state index in [2.05, 4.69) is 4.98 Å². The molecule has 2 aromatic rings. The topological polar surface area (TPSA) is 60.2 Å².